The van der Waals surface area contributed by atoms with Crippen molar-refractivity contribution >= 4 is 11.3 Å². The average molecular weight is 231 g/mol. The van der Waals surface area contributed by atoms with E-state index in [9.17, 15) is 0 Å². The number of hydrogen-bond donors (Lipinski definition) is 1. The molecule has 1 N–H and O–H groups in total. The lowest BCUT2D eigenvalue weighted by molar-refractivity contribution is 0.495. The Morgan fingerprint density at radius 2 is 1.62 bits per heavy atom. The largest absolute Gasteiger partial charge is 0.304 e. The lowest BCUT2D eigenvalue weighted by atomic mass is 10.1. The van der Waals surface area contributed by atoms with Crippen LogP contribution in [-0.2, 0) is 0 Å². The molecule has 2 heteroatoms. The van der Waals surface area contributed by atoms with Crippen molar-refractivity contribution in [3.05, 3.63) is 58.3 Å². The Kier molecular flexibility index (Phi) is 3.75. The molecule has 1 unspecified atom stereocenters. The van der Waals surface area contributed by atoms with Crippen LogP contribution in [0.15, 0.2) is 47.2 Å². The summed E-state index contributed by atoms with van der Waals surface area (Å²) in [7, 11) is 0. The zero-order valence-electron chi connectivity index (χ0n) is 9.68. The average Bonchev–Trinajstić information content (AvgIpc) is 2.83. The summed E-state index contributed by atoms with van der Waals surface area (Å²) < 4.78 is 0. The van der Waals surface area contributed by atoms with E-state index in [1.165, 1.54) is 11.1 Å². The molecule has 2 atom stereocenters. The van der Waals surface area contributed by atoms with E-state index in [2.05, 4.69) is 66.3 Å². The molecule has 2 rings (SSSR count). The van der Waals surface area contributed by atoms with Gasteiger partial charge in [0.1, 0.15) is 0 Å². The molecule has 0 fully saturated rings. The minimum absolute atomic E-state index is 0.385. The lowest BCUT2D eigenvalue weighted by Gasteiger charge is -2.19. The van der Waals surface area contributed by atoms with E-state index in [0.717, 1.165) is 0 Å². The molecular weight excluding hydrogens is 214 g/mol. The number of benzene rings is 1. The molecule has 0 saturated heterocycles. The standard InChI is InChI=1S/C14H17NS/c1-11(13-6-4-3-5-7-13)15-12(2)14-8-9-16-10-14/h3-12,15H,1-2H3/t11-,12?/m1/s1. The topological polar surface area (TPSA) is 12.0 Å². The number of thiophene rings is 1. The number of rotatable bonds is 4. The molecule has 84 valence electrons. The van der Waals surface area contributed by atoms with Gasteiger partial charge in [0.05, 0.1) is 0 Å². The maximum atomic E-state index is 3.61. The van der Waals surface area contributed by atoms with Crippen LogP contribution in [0.5, 0.6) is 0 Å². The molecule has 1 nitrogen and oxygen atoms in total. The minimum Gasteiger partial charge on any atom is -0.304 e. The zero-order valence-corrected chi connectivity index (χ0v) is 10.5. The van der Waals surface area contributed by atoms with Crippen LogP contribution in [0.4, 0.5) is 0 Å². The van der Waals surface area contributed by atoms with Crippen LogP contribution >= 0.6 is 11.3 Å². The fourth-order valence-corrected chi connectivity index (χ4v) is 2.58. The Bertz CT molecular complexity index is 408. The van der Waals surface area contributed by atoms with Gasteiger partial charge in [0, 0.05) is 12.1 Å². The van der Waals surface area contributed by atoms with Crippen LogP contribution in [0.2, 0.25) is 0 Å². The molecule has 0 aliphatic heterocycles. The summed E-state index contributed by atoms with van der Waals surface area (Å²) in [6.45, 7) is 4.42. The molecule has 0 spiro atoms. The SMILES string of the molecule is CC(N[C@H](C)c1ccccc1)c1ccsc1. The van der Waals surface area contributed by atoms with Gasteiger partial charge in [0.25, 0.3) is 0 Å². The zero-order chi connectivity index (χ0) is 11.4. The Balaban J connectivity index is 2.00. The van der Waals surface area contributed by atoms with Crippen molar-refractivity contribution in [3.8, 4) is 0 Å². The molecule has 0 aliphatic rings. The highest BCUT2D eigenvalue weighted by atomic mass is 32.1. The summed E-state index contributed by atoms with van der Waals surface area (Å²) in [6, 6.07) is 13.5. The van der Waals surface area contributed by atoms with Crippen molar-refractivity contribution in [1.29, 1.82) is 0 Å². The molecule has 1 aromatic carbocycles. The third kappa shape index (κ3) is 2.71. The normalized spacial score (nSPS) is 14.6. The first kappa shape index (κ1) is 11.4. The van der Waals surface area contributed by atoms with Crippen LogP contribution in [0, 0.1) is 0 Å². The highest BCUT2D eigenvalue weighted by molar-refractivity contribution is 7.07. The first-order chi connectivity index (χ1) is 7.77. The first-order valence-electron chi connectivity index (χ1n) is 5.60. The van der Waals surface area contributed by atoms with Crippen LogP contribution in [0.1, 0.15) is 37.1 Å². The summed E-state index contributed by atoms with van der Waals surface area (Å²) in [6.07, 6.45) is 0. The van der Waals surface area contributed by atoms with Crippen molar-refractivity contribution in [1.82, 2.24) is 5.32 Å². The van der Waals surface area contributed by atoms with Crippen molar-refractivity contribution in [2.45, 2.75) is 25.9 Å². The van der Waals surface area contributed by atoms with E-state index in [1.54, 1.807) is 11.3 Å². The quantitative estimate of drug-likeness (QED) is 0.833. The first-order valence-corrected chi connectivity index (χ1v) is 6.54. The smallest absolute Gasteiger partial charge is 0.0305 e. The van der Waals surface area contributed by atoms with E-state index in [4.69, 9.17) is 0 Å². The van der Waals surface area contributed by atoms with E-state index < -0.39 is 0 Å². The third-order valence-corrected chi connectivity index (χ3v) is 3.54. The summed E-state index contributed by atoms with van der Waals surface area (Å²) in [4.78, 5) is 0. The van der Waals surface area contributed by atoms with E-state index in [-0.39, 0.29) is 0 Å². The Morgan fingerprint density at radius 3 is 2.25 bits per heavy atom. The van der Waals surface area contributed by atoms with Gasteiger partial charge in [-0.25, -0.2) is 0 Å². The second-order valence-electron chi connectivity index (χ2n) is 4.08. The van der Waals surface area contributed by atoms with Crippen molar-refractivity contribution in [2.24, 2.45) is 0 Å². The van der Waals surface area contributed by atoms with Crippen molar-refractivity contribution in [2.75, 3.05) is 0 Å². The predicted molar refractivity (Wildman–Crippen MR) is 70.7 cm³/mol. The van der Waals surface area contributed by atoms with E-state index in [0.29, 0.717) is 12.1 Å². The summed E-state index contributed by atoms with van der Waals surface area (Å²) in [5.41, 5.74) is 2.71. The molecule has 0 bridgehead atoms. The highest BCUT2D eigenvalue weighted by Crippen LogP contribution is 2.20. The predicted octanol–water partition coefficient (Wildman–Crippen LogP) is 4.16. The Hall–Kier alpha value is -1.12. The van der Waals surface area contributed by atoms with Gasteiger partial charge in [-0.3, -0.25) is 0 Å². The summed E-state index contributed by atoms with van der Waals surface area (Å²) in [5.74, 6) is 0. The molecule has 1 aromatic heterocycles. The van der Waals surface area contributed by atoms with E-state index in [1.807, 2.05) is 0 Å². The molecule has 2 aromatic rings. The molecule has 16 heavy (non-hydrogen) atoms. The fourth-order valence-electron chi connectivity index (χ4n) is 1.83. The maximum Gasteiger partial charge on any atom is 0.0305 e. The van der Waals surface area contributed by atoms with Gasteiger partial charge >= 0.3 is 0 Å². The van der Waals surface area contributed by atoms with Gasteiger partial charge < -0.3 is 5.32 Å². The second-order valence-corrected chi connectivity index (χ2v) is 4.86. The van der Waals surface area contributed by atoms with Crippen LogP contribution in [0.3, 0.4) is 0 Å². The van der Waals surface area contributed by atoms with Gasteiger partial charge in [-0.05, 0) is 41.8 Å². The molecule has 0 aliphatic carbocycles. The number of hydrogen-bond acceptors (Lipinski definition) is 2. The minimum atomic E-state index is 0.385. The molecule has 1 heterocycles. The second kappa shape index (κ2) is 5.28. The summed E-state index contributed by atoms with van der Waals surface area (Å²) >= 11 is 1.75. The lowest BCUT2D eigenvalue weighted by Crippen LogP contribution is -2.21. The van der Waals surface area contributed by atoms with Gasteiger partial charge in [-0.1, -0.05) is 30.3 Å². The van der Waals surface area contributed by atoms with Crippen molar-refractivity contribution < 1.29 is 0 Å². The fraction of sp³-hybridized carbons (Fsp3) is 0.286. The van der Waals surface area contributed by atoms with Gasteiger partial charge in [0.2, 0.25) is 0 Å². The van der Waals surface area contributed by atoms with Gasteiger partial charge in [0.15, 0.2) is 0 Å². The highest BCUT2D eigenvalue weighted by Gasteiger charge is 2.10. The van der Waals surface area contributed by atoms with Crippen LogP contribution < -0.4 is 5.32 Å². The third-order valence-electron chi connectivity index (χ3n) is 2.84. The van der Waals surface area contributed by atoms with E-state index >= 15 is 0 Å². The molecule has 0 saturated carbocycles. The van der Waals surface area contributed by atoms with Crippen molar-refractivity contribution in [3.63, 3.8) is 0 Å². The summed E-state index contributed by atoms with van der Waals surface area (Å²) in [5, 5.41) is 7.93. The van der Waals surface area contributed by atoms with Crippen LogP contribution in [-0.4, -0.2) is 0 Å². The Morgan fingerprint density at radius 1 is 0.938 bits per heavy atom. The van der Waals surface area contributed by atoms with Gasteiger partial charge in [-0.2, -0.15) is 11.3 Å². The molecular formula is C14H17NS. The Labute approximate surface area is 101 Å². The monoisotopic (exact) mass is 231 g/mol. The maximum absolute atomic E-state index is 3.61. The molecule has 0 amide bonds. The van der Waals surface area contributed by atoms with Crippen LogP contribution in [0.25, 0.3) is 0 Å². The van der Waals surface area contributed by atoms with Gasteiger partial charge in [-0.15, -0.1) is 0 Å². The number of nitrogens with one attached hydrogen (secondary N) is 1. The molecule has 0 radical (unpaired) electrons.